The molecule has 1 heterocycles. The van der Waals surface area contributed by atoms with E-state index in [2.05, 4.69) is 5.32 Å². The average Bonchev–Trinajstić information content (AvgIpc) is 2.50. The van der Waals surface area contributed by atoms with Crippen LogP contribution in [0.25, 0.3) is 0 Å². The molecule has 0 saturated heterocycles. The van der Waals surface area contributed by atoms with E-state index >= 15 is 0 Å². The Kier molecular flexibility index (Phi) is 4.02. The van der Waals surface area contributed by atoms with Crippen LogP contribution in [0.4, 0.5) is 0 Å². The van der Waals surface area contributed by atoms with Crippen LogP contribution in [-0.2, 0) is 16.3 Å². The molecular formula is C17H17ClNO2S. The Balaban J connectivity index is 2.14. The first-order valence-electron chi connectivity index (χ1n) is 7.16. The number of sulfone groups is 1. The van der Waals surface area contributed by atoms with Crippen LogP contribution in [0.3, 0.4) is 0 Å². The van der Waals surface area contributed by atoms with Crippen LogP contribution in [0.5, 0.6) is 0 Å². The summed E-state index contributed by atoms with van der Waals surface area (Å²) in [5, 5.41) is 4.15. The maximum atomic E-state index is 13.1. The van der Waals surface area contributed by atoms with Gasteiger partial charge in [-0.2, -0.15) is 0 Å². The van der Waals surface area contributed by atoms with Crippen molar-refractivity contribution in [1.29, 1.82) is 0 Å². The smallest absolute Gasteiger partial charge is 0.200 e. The van der Waals surface area contributed by atoms with Gasteiger partial charge in [-0.05, 0) is 54.7 Å². The third-order valence-electron chi connectivity index (χ3n) is 4.05. The monoisotopic (exact) mass is 334 g/mol. The first kappa shape index (κ1) is 15.5. The number of aryl methyl sites for hydroxylation is 2. The molecule has 0 fully saturated rings. The van der Waals surface area contributed by atoms with Crippen LogP contribution < -0.4 is 5.32 Å². The molecule has 0 amide bonds. The molecule has 22 heavy (non-hydrogen) atoms. The van der Waals surface area contributed by atoms with Gasteiger partial charge in [0.15, 0.2) is 15.2 Å². The summed E-state index contributed by atoms with van der Waals surface area (Å²) in [6.45, 7) is 4.12. The summed E-state index contributed by atoms with van der Waals surface area (Å²) >= 11 is 6.08. The minimum absolute atomic E-state index is 0.319. The molecule has 1 aliphatic rings. The van der Waals surface area contributed by atoms with E-state index in [1.54, 1.807) is 19.1 Å². The summed E-state index contributed by atoms with van der Waals surface area (Å²) in [7, 11) is -3.57. The summed E-state index contributed by atoms with van der Waals surface area (Å²) in [4.78, 5) is 0.319. The van der Waals surface area contributed by atoms with E-state index in [1.165, 1.54) is 0 Å². The number of hydrogen-bond acceptors (Lipinski definition) is 2. The molecule has 2 aromatic rings. The highest BCUT2D eigenvalue weighted by atomic mass is 35.5. The minimum atomic E-state index is -3.57. The van der Waals surface area contributed by atoms with Gasteiger partial charge in [0, 0.05) is 11.6 Å². The van der Waals surface area contributed by atoms with Gasteiger partial charge in [-0.3, -0.25) is 0 Å². The van der Waals surface area contributed by atoms with Gasteiger partial charge in [0.2, 0.25) is 0 Å². The van der Waals surface area contributed by atoms with Gasteiger partial charge >= 0.3 is 0 Å². The van der Waals surface area contributed by atoms with Gasteiger partial charge in [0.1, 0.15) is 0 Å². The molecule has 2 aromatic carbocycles. The van der Waals surface area contributed by atoms with E-state index < -0.39 is 15.2 Å². The highest BCUT2D eigenvalue weighted by Crippen LogP contribution is 2.35. The van der Waals surface area contributed by atoms with Crippen molar-refractivity contribution in [2.24, 2.45) is 0 Å². The highest BCUT2D eigenvalue weighted by Gasteiger charge is 2.34. The Bertz CT molecular complexity index is 831. The molecule has 0 bridgehead atoms. The summed E-state index contributed by atoms with van der Waals surface area (Å²) < 4.78 is 26.2. The fraction of sp³-hybridized carbons (Fsp3) is 0.294. The molecule has 5 heteroatoms. The number of halogens is 1. The molecule has 0 N–H and O–H groups in total. The molecule has 115 valence electrons. The first-order chi connectivity index (χ1) is 10.4. The predicted octanol–water partition coefficient (Wildman–Crippen LogP) is 3.59. The second-order valence-corrected chi connectivity index (χ2v) is 8.00. The van der Waals surface area contributed by atoms with Crippen molar-refractivity contribution in [3.05, 3.63) is 63.7 Å². The largest absolute Gasteiger partial charge is 0.222 e. The standard InChI is InChI=1S/C17H17ClNO2S/c1-11-10-16(12(2)9-15(11)18)22(20,21)17-14-6-4-3-5-13(14)7-8-19-17/h3-6,9-10,17H,7-8H2,1-2H3. The van der Waals surface area contributed by atoms with Crippen LogP contribution in [0.1, 0.15) is 27.6 Å². The van der Waals surface area contributed by atoms with Gasteiger partial charge < -0.3 is 0 Å². The van der Waals surface area contributed by atoms with Crippen LogP contribution in [0, 0.1) is 13.8 Å². The molecular weight excluding hydrogens is 318 g/mol. The number of fused-ring (bicyclic) bond motifs is 1. The second kappa shape index (κ2) is 5.69. The Morgan fingerprint density at radius 3 is 2.64 bits per heavy atom. The third-order valence-corrected chi connectivity index (χ3v) is 6.50. The lowest BCUT2D eigenvalue weighted by Gasteiger charge is -2.26. The molecule has 1 aliphatic heterocycles. The summed E-state index contributed by atoms with van der Waals surface area (Å²) in [6.07, 6.45) is 0.792. The van der Waals surface area contributed by atoms with Crippen molar-refractivity contribution in [1.82, 2.24) is 5.32 Å². The summed E-state index contributed by atoms with van der Waals surface area (Å²) in [6, 6.07) is 11.0. The lowest BCUT2D eigenvalue weighted by Crippen LogP contribution is -2.30. The first-order valence-corrected chi connectivity index (χ1v) is 9.09. The van der Waals surface area contributed by atoms with Crippen molar-refractivity contribution in [3.8, 4) is 0 Å². The van der Waals surface area contributed by atoms with E-state index in [-0.39, 0.29) is 0 Å². The van der Waals surface area contributed by atoms with E-state index in [4.69, 9.17) is 11.6 Å². The molecule has 0 saturated carbocycles. The average molecular weight is 335 g/mol. The quantitative estimate of drug-likeness (QED) is 0.842. The van der Waals surface area contributed by atoms with Gasteiger partial charge in [-0.15, -0.1) is 0 Å². The van der Waals surface area contributed by atoms with Crippen LogP contribution in [0.2, 0.25) is 5.02 Å². The number of rotatable bonds is 2. The van der Waals surface area contributed by atoms with E-state index in [1.807, 2.05) is 31.2 Å². The van der Waals surface area contributed by atoms with Crippen molar-refractivity contribution in [2.75, 3.05) is 6.54 Å². The van der Waals surface area contributed by atoms with Gasteiger partial charge in [0.05, 0.1) is 4.90 Å². The zero-order valence-electron chi connectivity index (χ0n) is 12.5. The maximum Gasteiger partial charge on any atom is 0.200 e. The van der Waals surface area contributed by atoms with E-state index in [0.717, 1.165) is 23.1 Å². The van der Waals surface area contributed by atoms with E-state index in [0.29, 0.717) is 22.0 Å². The van der Waals surface area contributed by atoms with Crippen LogP contribution in [-0.4, -0.2) is 15.0 Å². The Morgan fingerprint density at radius 1 is 1.14 bits per heavy atom. The highest BCUT2D eigenvalue weighted by molar-refractivity contribution is 7.91. The number of hydrogen-bond donors (Lipinski definition) is 0. The van der Waals surface area contributed by atoms with Crippen molar-refractivity contribution < 1.29 is 8.42 Å². The lowest BCUT2D eigenvalue weighted by atomic mass is 10.0. The minimum Gasteiger partial charge on any atom is -0.222 e. The molecule has 1 radical (unpaired) electrons. The Labute approximate surface area is 136 Å². The molecule has 1 unspecified atom stereocenters. The zero-order chi connectivity index (χ0) is 15.9. The summed E-state index contributed by atoms with van der Waals surface area (Å²) in [5.41, 5.74) is 3.28. The Morgan fingerprint density at radius 2 is 1.86 bits per heavy atom. The van der Waals surface area contributed by atoms with Gasteiger partial charge in [0.25, 0.3) is 0 Å². The third kappa shape index (κ3) is 2.56. The molecule has 0 aromatic heterocycles. The van der Waals surface area contributed by atoms with Gasteiger partial charge in [-0.25, -0.2) is 13.7 Å². The van der Waals surface area contributed by atoms with Crippen LogP contribution in [0.15, 0.2) is 41.3 Å². The summed E-state index contributed by atoms with van der Waals surface area (Å²) in [5.74, 6) is 0. The Hall–Kier alpha value is -1.36. The fourth-order valence-corrected chi connectivity index (χ4v) is 5.02. The van der Waals surface area contributed by atoms with Crippen molar-refractivity contribution in [3.63, 3.8) is 0 Å². The maximum absolute atomic E-state index is 13.1. The zero-order valence-corrected chi connectivity index (χ0v) is 14.1. The SMILES string of the molecule is Cc1cc(S(=O)(=O)C2[N]CCc3ccccc32)c(C)cc1Cl. The topological polar surface area (TPSA) is 48.2 Å². The van der Waals surface area contributed by atoms with E-state index in [9.17, 15) is 8.42 Å². The van der Waals surface area contributed by atoms with Crippen LogP contribution >= 0.6 is 11.6 Å². The van der Waals surface area contributed by atoms with Crippen molar-refractivity contribution in [2.45, 2.75) is 30.5 Å². The molecule has 0 spiro atoms. The normalized spacial score (nSPS) is 18.0. The molecule has 0 aliphatic carbocycles. The lowest BCUT2D eigenvalue weighted by molar-refractivity contribution is 0.536. The van der Waals surface area contributed by atoms with Gasteiger partial charge in [-0.1, -0.05) is 35.9 Å². The number of nitrogens with zero attached hydrogens (tertiary/aromatic N) is 1. The number of benzene rings is 2. The second-order valence-electron chi connectivity index (χ2n) is 5.62. The fourth-order valence-electron chi connectivity index (χ4n) is 2.85. The molecule has 3 nitrogen and oxygen atoms in total. The molecule has 3 rings (SSSR count). The van der Waals surface area contributed by atoms with Crippen molar-refractivity contribution >= 4 is 21.4 Å². The molecule has 1 atom stereocenters. The predicted molar refractivity (Wildman–Crippen MR) is 88.0 cm³/mol.